The lowest BCUT2D eigenvalue weighted by Gasteiger charge is -1.98. The fourth-order valence-corrected chi connectivity index (χ4v) is 1.15. The van der Waals surface area contributed by atoms with Crippen LogP contribution in [0.4, 0.5) is 0 Å². The van der Waals surface area contributed by atoms with Crippen molar-refractivity contribution >= 4 is 5.91 Å². The van der Waals surface area contributed by atoms with Gasteiger partial charge in [-0.05, 0) is 6.92 Å². The lowest BCUT2D eigenvalue weighted by atomic mass is 10.3. The second-order valence-corrected chi connectivity index (χ2v) is 3.06. The van der Waals surface area contributed by atoms with Crippen LogP contribution >= 0.6 is 0 Å². The molecule has 0 fully saturated rings. The summed E-state index contributed by atoms with van der Waals surface area (Å²) in [5.41, 5.74) is 5.86. The summed E-state index contributed by atoms with van der Waals surface area (Å²) < 4.78 is 5.16. The highest BCUT2D eigenvalue weighted by Gasteiger charge is 2.14. The van der Waals surface area contributed by atoms with Crippen LogP contribution in [0, 0.1) is 13.8 Å². The smallest absolute Gasteiger partial charge is 0.289 e. The van der Waals surface area contributed by atoms with Gasteiger partial charge in [-0.15, -0.1) is 0 Å². The van der Waals surface area contributed by atoms with Crippen molar-refractivity contribution in [3.8, 4) is 0 Å². The number of aryl methyl sites for hydroxylation is 2. The Hall–Kier alpha value is -1.62. The maximum atomic E-state index is 11.5. The first-order chi connectivity index (χ1) is 7.15. The highest BCUT2D eigenvalue weighted by atomic mass is 16.4. The van der Waals surface area contributed by atoms with E-state index in [1.54, 1.807) is 26.0 Å². The van der Waals surface area contributed by atoms with Gasteiger partial charge in [-0.25, -0.2) is 4.98 Å². The molecule has 0 aromatic carbocycles. The van der Waals surface area contributed by atoms with Crippen LogP contribution in [-0.2, 0) is 0 Å². The molecule has 0 spiro atoms. The first kappa shape index (κ1) is 11.5. The molecule has 0 bridgehead atoms. The standard InChI is InChI=1S/C10H15N3O2/c1-7-9(15-8(2)13-7)10(14)12-6-4-3-5-11/h3-4H,5-6,11H2,1-2H3,(H,12,14)/b4-3+. The number of oxazole rings is 1. The van der Waals surface area contributed by atoms with Gasteiger partial charge in [0.15, 0.2) is 5.89 Å². The molecule has 3 N–H and O–H groups in total. The van der Waals surface area contributed by atoms with E-state index >= 15 is 0 Å². The van der Waals surface area contributed by atoms with Gasteiger partial charge in [0.1, 0.15) is 0 Å². The van der Waals surface area contributed by atoms with Gasteiger partial charge >= 0.3 is 0 Å². The molecule has 0 aliphatic heterocycles. The summed E-state index contributed by atoms with van der Waals surface area (Å²) in [7, 11) is 0. The summed E-state index contributed by atoms with van der Waals surface area (Å²) in [5, 5.41) is 2.67. The van der Waals surface area contributed by atoms with Gasteiger partial charge in [0, 0.05) is 20.0 Å². The Labute approximate surface area is 88.4 Å². The van der Waals surface area contributed by atoms with Crippen molar-refractivity contribution in [1.82, 2.24) is 10.3 Å². The van der Waals surface area contributed by atoms with Crippen molar-refractivity contribution in [2.24, 2.45) is 5.73 Å². The summed E-state index contributed by atoms with van der Waals surface area (Å²) in [5.74, 6) is 0.513. The van der Waals surface area contributed by atoms with Crippen LogP contribution in [0.5, 0.6) is 0 Å². The zero-order valence-electron chi connectivity index (χ0n) is 8.91. The number of hydrogen-bond acceptors (Lipinski definition) is 4. The van der Waals surface area contributed by atoms with E-state index < -0.39 is 0 Å². The van der Waals surface area contributed by atoms with Crippen LogP contribution in [0.1, 0.15) is 22.1 Å². The minimum atomic E-state index is -0.255. The van der Waals surface area contributed by atoms with Gasteiger partial charge in [0.05, 0.1) is 5.69 Å². The summed E-state index contributed by atoms with van der Waals surface area (Å²) in [4.78, 5) is 15.5. The summed E-state index contributed by atoms with van der Waals surface area (Å²) in [6, 6.07) is 0. The highest BCUT2D eigenvalue weighted by molar-refractivity contribution is 5.92. The third kappa shape index (κ3) is 3.21. The minimum absolute atomic E-state index is 0.255. The number of aromatic nitrogens is 1. The zero-order valence-corrected chi connectivity index (χ0v) is 8.91. The van der Waals surface area contributed by atoms with E-state index in [0.29, 0.717) is 24.7 Å². The van der Waals surface area contributed by atoms with Gasteiger partial charge in [0.2, 0.25) is 5.76 Å². The van der Waals surface area contributed by atoms with Gasteiger partial charge in [-0.3, -0.25) is 4.79 Å². The molecule has 15 heavy (non-hydrogen) atoms. The molecule has 0 aliphatic carbocycles. The maximum absolute atomic E-state index is 11.5. The van der Waals surface area contributed by atoms with Crippen LogP contribution in [0.25, 0.3) is 0 Å². The SMILES string of the molecule is Cc1nc(C)c(C(=O)NC/C=C/CN)o1. The van der Waals surface area contributed by atoms with E-state index in [0.717, 1.165) is 0 Å². The fourth-order valence-electron chi connectivity index (χ4n) is 1.15. The number of hydrogen-bond donors (Lipinski definition) is 2. The second-order valence-electron chi connectivity index (χ2n) is 3.06. The average molecular weight is 209 g/mol. The zero-order chi connectivity index (χ0) is 11.3. The van der Waals surface area contributed by atoms with Crippen LogP contribution < -0.4 is 11.1 Å². The third-order valence-electron chi connectivity index (χ3n) is 1.79. The Morgan fingerprint density at radius 2 is 2.27 bits per heavy atom. The molecule has 0 saturated heterocycles. The molecule has 1 aromatic rings. The van der Waals surface area contributed by atoms with Gasteiger partial charge in [0.25, 0.3) is 5.91 Å². The molecule has 1 aromatic heterocycles. The maximum Gasteiger partial charge on any atom is 0.289 e. The minimum Gasteiger partial charge on any atom is -0.436 e. The van der Waals surface area contributed by atoms with E-state index in [-0.39, 0.29) is 11.7 Å². The lowest BCUT2D eigenvalue weighted by molar-refractivity contribution is 0.0928. The summed E-state index contributed by atoms with van der Waals surface area (Å²) in [6.45, 7) is 4.35. The van der Waals surface area contributed by atoms with E-state index in [1.807, 2.05) is 0 Å². The van der Waals surface area contributed by atoms with Crippen molar-refractivity contribution < 1.29 is 9.21 Å². The molecule has 1 amide bonds. The first-order valence-corrected chi connectivity index (χ1v) is 4.72. The van der Waals surface area contributed by atoms with Gasteiger partial charge in [-0.1, -0.05) is 12.2 Å². The molecule has 0 aliphatic rings. The van der Waals surface area contributed by atoms with Crippen LogP contribution in [-0.4, -0.2) is 24.0 Å². The van der Waals surface area contributed by atoms with E-state index in [4.69, 9.17) is 10.2 Å². The molecule has 5 nitrogen and oxygen atoms in total. The first-order valence-electron chi connectivity index (χ1n) is 4.72. The third-order valence-corrected chi connectivity index (χ3v) is 1.79. The van der Waals surface area contributed by atoms with E-state index in [1.165, 1.54) is 0 Å². The molecule has 0 saturated carbocycles. The van der Waals surface area contributed by atoms with Crippen LogP contribution in [0.2, 0.25) is 0 Å². The second kappa shape index (κ2) is 5.31. The van der Waals surface area contributed by atoms with Crippen molar-refractivity contribution in [2.75, 3.05) is 13.1 Å². The summed E-state index contributed by atoms with van der Waals surface area (Å²) >= 11 is 0. The molecule has 1 rings (SSSR count). The number of carbonyl (C=O) groups excluding carboxylic acids is 1. The van der Waals surface area contributed by atoms with Gasteiger partial charge in [-0.2, -0.15) is 0 Å². The van der Waals surface area contributed by atoms with Crippen LogP contribution in [0.3, 0.4) is 0 Å². The molecule has 0 atom stereocenters. The highest BCUT2D eigenvalue weighted by Crippen LogP contribution is 2.08. The number of nitrogens with zero attached hydrogens (tertiary/aromatic N) is 1. The Kier molecular flexibility index (Phi) is 4.05. The number of amides is 1. The monoisotopic (exact) mass is 209 g/mol. The molecular formula is C10H15N3O2. The number of nitrogens with one attached hydrogen (secondary N) is 1. The molecule has 5 heteroatoms. The molecule has 0 unspecified atom stereocenters. The van der Waals surface area contributed by atoms with E-state index in [9.17, 15) is 4.79 Å². The lowest BCUT2D eigenvalue weighted by Crippen LogP contribution is -2.23. The number of carbonyl (C=O) groups is 1. The van der Waals surface area contributed by atoms with Crippen molar-refractivity contribution in [2.45, 2.75) is 13.8 Å². The summed E-state index contributed by atoms with van der Waals surface area (Å²) in [6.07, 6.45) is 3.56. The normalized spacial score (nSPS) is 10.9. The quantitative estimate of drug-likeness (QED) is 0.709. The Morgan fingerprint density at radius 1 is 1.53 bits per heavy atom. The number of rotatable bonds is 4. The average Bonchev–Trinajstić information content (AvgIpc) is 2.52. The van der Waals surface area contributed by atoms with Crippen LogP contribution in [0.15, 0.2) is 16.6 Å². The molecule has 1 heterocycles. The molecule has 0 radical (unpaired) electrons. The van der Waals surface area contributed by atoms with Gasteiger partial charge < -0.3 is 15.5 Å². The fraction of sp³-hybridized carbons (Fsp3) is 0.400. The predicted octanol–water partition coefficient (Wildman–Crippen LogP) is 0.536. The molecule has 82 valence electrons. The topological polar surface area (TPSA) is 81.2 Å². The van der Waals surface area contributed by atoms with Crippen molar-refractivity contribution in [3.05, 3.63) is 29.5 Å². The number of nitrogens with two attached hydrogens (primary N) is 1. The Balaban J connectivity index is 2.54. The van der Waals surface area contributed by atoms with Crippen molar-refractivity contribution in [3.63, 3.8) is 0 Å². The van der Waals surface area contributed by atoms with E-state index in [2.05, 4.69) is 10.3 Å². The largest absolute Gasteiger partial charge is 0.436 e. The van der Waals surface area contributed by atoms with Crippen molar-refractivity contribution in [1.29, 1.82) is 0 Å². The Bertz CT molecular complexity index is 369. The Morgan fingerprint density at radius 3 is 2.80 bits per heavy atom. The molecular weight excluding hydrogens is 194 g/mol. The predicted molar refractivity (Wildman–Crippen MR) is 56.5 cm³/mol.